The maximum Gasteiger partial charge on any atom is 0.305 e. The molecule has 1 amide bonds. The molecule has 0 aliphatic carbocycles. The summed E-state index contributed by atoms with van der Waals surface area (Å²) in [7, 11) is 0. The van der Waals surface area contributed by atoms with Gasteiger partial charge in [0, 0.05) is 0 Å². The van der Waals surface area contributed by atoms with Crippen molar-refractivity contribution in [2.75, 3.05) is 6.54 Å². The summed E-state index contributed by atoms with van der Waals surface area (Å²) in [6.07, 6.45) is -0.315. The summed E-state index contributed by atoms with van der Waals surface area (Å²) in [5, 5.41) is 9.00. The van der Waals surface area contributed by atoms with Gasteiger partial charge >= 0.3 is 5.97 Å². The lowest BCUT2D eigenvalue weighted by atomic mass is 10.0. The topological polar surface area (TPSA) is 74.7 Å². The van der Waals surface area contributed by atoms with Gasteiger partial charge < -0.3 is 10.0 Å². The molecule has 5 heteroatoms. The van der Waals surface area contributed by atoms with Crippen LogP contribution in [0.2, 0.25) is 0 Å². The minimum absolute atomic E-state index is 0.00468. The molecule has 0 saturated carbocycles. The quantitative estimate of drug-likeness (QED) is 0.829. The lowest BCUT2D eigenvalue weighted by Gasteiger charge is -2.26. The Morgan fingerprint density at radius 1 is 1.42 bits per heavy atom. The van der Waals surface area contributed by atoms with Crippen molar-refractivity contribution in [3.8, 4) is 0 Å². The highest BCUT2D eigenvalue weighted by molar-refractivity contribution is 6.05. The number of benzene rings is 1. The van der Waals surface area contributed by atoms with Crippen LogP contribution >= 0.6 is 0 Å². The van der Waals surface area contributed by atoms with Crippen LogP contribution in [0.5, 0.6) is 0 Å². The van der Waals surface area contributed by atoms with Crippen LogP contribution in [0.25, 0.3) is 0 Å². The maximum atomic E-state index is 11.8. The Balaban J connectivity index is 2.33. The number of hydrogen-bond acceptors (Lipinski definition) is 3. The molecule has 0 aromatic heterocycles. The summed E-state index contributed by atoms with van der Waals surface area (Å²) in [5.74, 6) is -1.44. The van der Waals surface area contributed by atoms with E-state index in [1.807, 2.05) is 25.1 Å². The number of carbonyl (C=O) groups is 3. The number of amides is 1. The normalized spacial score (nSPS) is 16.8. The van der Waals surface area contributed by atoms with E-state index >= 15 is 0 Å². The van der Waals surface area contributed by atoms with E-state index in [1.165, 1.54) is 4.90 Å². The summed E-state index contributed by atoms with van der Waals surface area (Å²) >= 11 is 0. The molecule has 0 spiro atoms. The number of carboxylic acid groups (broad SMARTS) is 1. The van der Waals surface area contributed by atoms with E-state index < -0.39 is 12.0 Å². The zero-order valence-corrected chi connectivity index (χ0v) is 10.6. The second-order valence-electron chi connectivity index (χ2n) is 4.76. The number of carbonyl (C=O) groups excluding carboxylic acids is 2. The van der Waals surface area contributed by atoms with E-state index in [1.54, 1.807) is 6.07 Å². The first-order valence-electron chi connectivity index (χ1n) is 6.07. The molecular formula is C14H15NO4. The van der Waals surface area contributed by atoms with Crippen molar-refractivity contribution < 1.29 is 19.5 Å². The molecule has 1 atom stereocenters. The van der Waals surface area contributed by atoms with Crippen molar-refractivity contribution >= 4 is 17.7 Å². The molecule has 1 unspecified atom stereocenters. The molecule has 1 aromatic rings. The van der Waals surface area contributed by atoms with Crippen molar-refractivity contribution in [2.24, 2.45) is 0 Å². The summed E-state index contributed by atoms with van der Waals surface area (Å²) in [4.78, 5) is 35.5. The molecule has 19 heavy (non-hydrogen) atoms. The van der Waals surface area contributed by atoms with Crippen LogP contribution in [0.15, 0.2) is 24.3 Å². The van der Waals surface area contributed by atoms with Crippen LogP contribution in [0.4, 0.5) is 0 Å². The molecule has 0 bridgehead atoms. The molecule has 2 rings (SSSR count). The molecule has 1 fully saturated rings. The van der Waals surface area contributed by atoms with Crippen LogP contribution in [0.3, 0.4) is 0 Å². The van der Waals surface area contributed by atoms with Crippen molar-refractivity contribution in [1.29, 1.82) is 0 Å². The molecule has 5 nitrogen and oxygen atoms in total. The summed E-state index contributed by atoms with van der Waals surface area (Å²) in [6, 6.07) is 6.79. The zero-order valence-electron chi connectivity index (χ0n) is 10.6. The van der Waals surface area contributed by atoms with E-state index in [9.17, 15) is 14.4 Å². The van der Waals surface area contributed by atoms with Crippen LogP contribution in [0.1, 0.15) is 30.0 Å². The van der Waals surface area contributed by atoms with Crippen molar-refractivity contribution in [1.82, 2.24) is 4.90 Å². The Morgan fingerprint density at radius 3 is 2.68 bits per heavy atom. The third kappa shape index (κ3) is 2.99. The van der Waals surface area contributed by atoms with Gasteiger partial charge in [0.05, 0.1) is 25.4 Å². The molecule has 1 saturated heterocycles. The number of carboxylic acids is 1. The molecule has 1 aliphatic heterocycles. The third-order valence-electron chi connectivity index (χ3n) is 3.19. The first-order chi connectivity index (χ1) is 8.97. The number of aliphatic carboxylic acids is 1. The van der Waals surface area contributed by atoms with Gasteiger partial charge in [-0.25, -0.2) is 0 Å². The molecule has 0 radical (unpaired) electrons. The van der Waals surface area contributed by atoms with Crippen molar-refractivity contribution in [3.63, 3.8) is 0 Å². The largest absolute Gasteiger partial charge is 0.481 e. The summed E-state index contributed by atoms with van der Waals surface area (Å²) < 4.78 is 0. The predicted octanol–water partition coefficient (Wildman–Crippen LogP) is 1.31. The Morgan fingerprint density at radius 2 is 2.16 bits per heavy atom. The molecule has 1 aromatic carbocycles. The van der Waals surface area contributed by atoms with E-state index in [0.717, 1.165) is 11.1 Å². The highest BCUT2D eigenvalue weighted by atomic mass is 16.4. The van der Waals surface area contributed by atoms with E-state index in [4.69, 9.17) is 5.11 Å². The minimum Gasteiger partial charge on any atom is -0.481 e. The SMILES string of the molecule is Cc1cccc(C(CC(=O)O)N2CC(=O)CC2=O)c1. The van der Waals surface area contributed by atoms with Gasteiger partial charge in [-0.05, 0) is 12.5 Å². The number of nitrogens with zero attached hydrogens (tertiary/aromatic N) is 1. The third-order valence-corrected chi connectivity index (χ3v) is 3.19. The molecule has 1 aliphatic rings. The van der Waals surface area contributed by atoms with Gasteiger partial charge in [-0.2, -0.15) is 0 Å². The van der Waals surface area contributed by atoms with Crippen molar-refractivity contribution in [2.45, 2.75) is 25.8 Å². The fourth-order valence-corrected chi connectivity index (χ4v) is 2.34. The number of likely N-dealkylation sites (tertiary alicyclic amines) is 1. The highest BCUT2D eigenvalue weighted by Gasteiger charge is 2.34. The predicted molar refractivity (Wildman–Crippen MR) is 67.5 cm³/mol. The first-order valence-corrected chi connectivity index (χ1v) is 6.07. The smallest absolute Gasteiger partial charge is 0.305 e. The fraction of sp³-hybridized carbons (Fsp3) is 0.357. The average Bonchev–Trinajstić information content (AvgIpc) is 2.65. The van der Waals surface area contributed by atoms with Gasteiger partial charge in [0.2, 0.25) is 5.91 Å². The number of hydrogen-bond donors (Lipinski definition) is 1. The number of aryl methyl sites for hydroxylation is 1. The molecule has 1 heterocycles. The lowest BCUT2D eigenvalue weighted by molar-refractivity contribution is -0.140. The zero-order chi connectivity index (χ0) is 14.0. The standard InChI is InChI=1S/C14H15NO4/c1-9-3-2-4-10(5-9)12(7-14(18)19)15-8-11(16)6-13(15)17/h2-5,12H,6-8H2,1H3,(H,18,19). The number of ketones is 1. The van der Waals surface area contributed by atoms with Crippen LogP contribution in [0, 0.1) is 6.92 Å². The van der Waals surface area contributed by atoms with E-state index in [-0.39, 0.29) is 31.1 Å². The minimum atomic E-state index is -0.987. The van der Waals surface area contributed by atoms with Gasteiger partial charge in [0.1, 0.15) is 0 Å². The van der Waals surface area contributed by atoms with Gasteiger partial charge in [0.25, 0.3) is 0 Å². The Bertz CT molecular complexity index is 538. The summed E-state index contributed by atoms with van der Waals surface area (Å²) in [6.45, 7) is 1.91. The Labute approximate surface area is 110 Å². The van der Waals surface area contributed by atoms with Gasteiger partial charge in [-0.15, -0.1) is 0 Å². The van der Waals surface area contributed by atoms with Gasteiger partial charge in [0.15, 0.2) is 5.78 Å². The fourth-order valence-electron chi connectivity index (χ4n) is 2.34. The molecule has 100 valence electrons. The van der Waals surface area contributed by atoms with Crippen LogP contribution < -0.4 is 0 Å². The highest BCUT2D eigenvalue weighted by Crippen LogP contribution is 2.28. The van der Waals surface area contributed by atoms with E-state index in [2.05, 4.69) is 0 Å². The summed E-state index contributed by atoms with van der Waals surface area (Å²) in [5.41, 5.74) is 1.75. The average molecular weight is 261 g/mol. The second-order valence-corrected chi connectivity index (χ2v) is 4.76. The molecule has 1 N–H and O–H groups in total. The lowest BCUT2D eigenvalue weighted by Crippen LogP contribution is -2.32. The second kappa shape index (κ2) is 5.22. The Kier molecular flexibility index (Phi) is 3.64. The van der Waals surface area contributed by atoms with Crippen LogP contribution in [-0.4, -0.2) is 34.2 Å². The van der Waals surface area contributed by atoms with Crippen LogP contribution in [-0.2, 0) is 14.4 Å². The Hall–Kier alpha value is -2.17. The van der Waals surface area contributed by atoms with Gasteiger partial charge in [-0.1, -0.05) is 29.8 Å². The monoisotopic (exact) mass is 261 g/mol. The molecular weight excluding hydrogens is 246 g/mol. The number of rotatable bonds is 4. The van der Waals surface area contributed by atoms with Gasteiger partial charge in [-0.3, -0.25) is 14.4 Å². The maximum absolute atomic E-state index is 11.8. The first kappa shape index (κ1) is 13.3. The van der Waals surface area contributed by atoms with E-state index in [0.29, 0.717) is 0 Å². The number of Topliss-reactive ketones (excluding diaryl/α,β-unsaturated/α-hetero) is 1. The van der Waals surface area contributed by atoms with Crippen molar-refractivity contribution in [3.05, 3.63) is 35.4 Å².